The van der Waals surface area contributed by atoms with Crippen molar-refractivity contribution in [1.82, 2.24) is 4.90 Å². The molecule has 0 N–H and O–H groups in total. The number of amides is 1. The molecular weight excluding hydrogens is 174 g/mol. The molecule has 1 aliphatic carbocycles. The van der Waals surface area contributed by atoms with Crippen molar-refractivity contribution < 1.29 is 4.79 Å². The van der Waals surface area contributed by atoms with E-state index < -0.39 is 0 Å². The first-order valence-corrected chi connectivity index (χ1v) is 5.93. The van der Waals surface area contributed by atoms with Crippen molar-refractivity contribution in [2.75, 3.05) is 13.1 Å². The Morgan fingerprint density at radius 1 is 1.14 bits per heavy atom. The fourth-order valence-electron chi connectivity index (χ4n) is 2.98. The number of hydrogen-bond acceptors (Lipinski definition) is 1. The molecular formula is C12H21NO. The van der Waals surface area contributed by atoms with Crippen molar-refractivity contribution >= 4 is 6.41 Å². The van der Waals surface area contributed by atoms with Gasteiger partial charge in [0, 0.05) is 13.1 Å². The van der Waals surface area contributed by atoms with Crippen molar-refractivity contribution in [3.8, 4) is 0 Å². The molecule has 1 amide bonds. The Kier molecular flexibility index (Phi) is 2.80. The van der Waals surface area contributed by atoms with Crippen LogP contribution in [0, 0.1) is 11.3 Å². The molecule has 0 aromatic carbocycles. The minimum atomic E-state index is 0.617. The lowest BCUT2D eigenvalue weighted by molar-refractivity contribution is -0.120. The highest BCUT2D eigenvalue weighted by atomic mass is 16.1. The van der Waals surface area contributed by atoms with Gasteiger partial charge in [0.1, 0.15) is 0 Å². The Morgan fingerprint density at radius 3 is 2.21 bits per heavy atom. The topological polar surface area (TPSA) is 20.3 Å². The van der Waals surface area contributed by atoms with Gasteiger partial charge in [0.2, 0.25) is 6.41 Å². The van der Waals surface area contributed by atoms with Crippen molar-refractivity contribution in [2.24, 2.45) is 11.3 Å². The van der Waals surface area contributed by atoms with Crippen molar-refractivity contribution in [3.63, 3.8) is 0 Å². The van der Waals surface area contributed by atoms with Crippen molar-refractivity contribution in [1.29, 1.82) is 0 Å². The van der Waals surface area contributed by atoms with Crippen LogP contribution in [0.5, 0.6) is 0 Å². The second kappa shape index (κ2) is 3.92. The van der Waals surface area contributed by atoms with Crippen LogP contribution in [-0.4, -0.2) is 24.4 Å². The van der Waals surface area contributed by atoms with E-state index in [4.69, 9.17) is 0 Å². The third kappa shape index (κ3) is 1.94. The average Bonchev–Trinajstić information content (AvgIpc) is 2.24. The van der Waals surface area contributed by atoms with E-state index in [2.05, 4.69) is 6.92 Å². The molecule has 1 heterocycles. The summed E-state index contributed by atoms with van der Waals surface area (Å²) >= 11 is 0. The van der Waals surface area contributed by atoms with Gasteiger partial charge in [0.25, 0.3) is 0 Å². The van der Waals surface area contributed by atoms with Crippen molar-refractivity contribution in [2.45, 2.75) is 45.4 Å². The molecule has 2 nitrogen and oxygen atoms in total. The lowest BCUT2D eigenvalue weighted by Gasteiger charge is -2.44. The second-order valence-corrected chi connectivity index (χ2v) is 5.32. The number of carbonyl (C=O) groups excluding carboxylic acids is 1. The maximum atomic E-state index is 10.6. The largest absolute Gasteiger partial charge is 0.345 e. The highest BCUT2D eigenvalue weighted by Crippen LogP contribution is 2.45. The van der Waals surface area contributed by atoms with E-state index >= 15 is 0 Å². The van der Waals surface area contributed by atoms with Gasteiger partial charge < -0.3 is 4.90 Å². The van der Waals surface area contributed by atoms with Gasteiger partial charge in [-0.3, -0.25) is 4.79 Å². The Bertz CT molecular complexity index is 196. The standard InChI is InChI=1S/C12H21NO/c1-11-2-4-12(5-3-11)6-8-13(10-14)9-7-12/h10-11H,2-9H2,1H3. The number of nitrogens with zero attached hydrogens (tertiary/aromatic N) is 1. The van der Waals surface area contributed by atoms with E-state index in [-0.39, 0.29) is 0 Å². The molecule has 14 heavy (non-hydrogen) atoms. The zero-order valence-electron chi connectivity index (χ0n) is 9.17. The fourth-order valence-corrected chi connectivity index (χ4v) is 2.98. The van der Waals surface area contributed by atoms with Gasteiger partial charge in [0.05, 0.1) is 0 Å². The highest BCUT2D eigenvalue weighted by molar-refractivity contribution is 5.47. The molecule has 2 aliphatic rings. The molecule has 0 aromatic heterocycles. The van der Waals surface area contributed by atoms with Gasteiger partial charge in [-0.2, -0.15) is 0 Å². The molecule has 0 aromatic rings. The van der Waals surface area contributed by atoms with E-state index in [0.29, 0.717) is 5.41 Å². The predicted octanol–water partition coefficient (Wildman–Crippen LogP) is 2.44. The minimum absolute atomic E-state index is 0.617. The second-order valence-electron chi connectivity index (χ2n) is 5.32. The molecule has 80 valence electrons. The molecule has 1 saturated heterocycles. The molecule has 2 heteroatoms. The van der Waals surface area contributed by atoms with Crippen LogP contribution >= 0.6 is 0 Å². The van der Waals surface area contributed by atoms with Crippen LogP contribution in [0.1, 0.15) is 45.4 Å². The summed E-state index contributed by atoms with van der Waals surface area (Å²) in [6, 6.07) is 0. The van der Waals surface area contributed by atoms with Gasteiger partial charge in [-0.15, -0.1) is 0 Å². The summed E-state index contributed by atoms with van der Waals surface area (Å²) in [7, 11) is 0. The van der Waals surface area contributed by atoms with E-state index in [0.717, 1.165) is 25.4 Å². The molecule has 0 unspecified atom stereocenters. The summed E-state index contributed by atoms with van der Waals surface area (Å²) in [5.41, 5.74) is 0.617. The summed E-state index contributed by atoms with van der Waals surface area (Å²) in [5, 5.41) is 0. The van der Waals surface area contributed by atoms with E-state index in [9.17, 15) is 4.79 Å². The zero-order chi connectivity index (χ0) is 10.0. The monoisotopic (exact) mass is 195 g/mol. The van der Waals surface area contributed by atoms with Gasteiger partial charge >= 0.3 is 0 Å². The highest BCUT2D eigenvalue weighted by Gasteiger charge is 2.36. The normalized spacial score (nSPS) is 27.9. The number of hydrogen-bond donors (Lipinski definition) is 0. The third-order valence-corrected chi connectivity index (χ3v) is 4.34. The summed E-state index contributed by atoms with van der Waals surface area (Å²) in [5.74, 6) is 0.935. The van der Waals surface area contributed by atoms with E-state index in [1.807, 2.05) is 4.90 Å². The summed E-state index contributed by atoms with van der Waals surface area (Å²) in [6.45, 7) is 4.36. The molecule has 2 rings (SSSR count). The fraction of sp³-hybridized carbons (Fsp3) is 0.917. The summed E-state index contributed by atoms with van der Waals surface area (Å²) in [6.07, 6.45) is 9.12. The molecule has 0 bridgehead atoms. The maximum absolute atomic E-state index is 10.6. The lowest BCUT2D eigenvalue weighted by atomic mass is 9.66. The van der Waals surface area contributed by atoms with Gasteiger partial charge in [0.15, 0.2) is 0 Å². The first-order valence-electron chi connectivity index (χ1n) is 5.93. The lowest BCUT2D eigenvalue weighted by Crippen LogP contribution is -2.41. The summed E-state index contributed by atoms with van der Waals surface area (Å²) < 4.78 is 0. The first-order chi connectivity index (χ1) is 6.74. The third-order valence-electron chi connectivity index (χ3n) is 4.34. The number of likely N-dealkylation sites (tertiary alicyclic amines) is 1. The van der Waals surface area contributed by atoms with Crippen LogP contribution in [0.15, 0.2) is 0 Å². The molecule has 1 saturated carbocycles. The Hall–Kier alpha value is -0.530. The Balaban J connectivity index is 1.89. The smallest absolute Gasteiger partial charge is 0.209 e. The molecule has 1 aliphatic heterocycles. The quantitative estimate of drug-likeness (QED) is 0.588. The number of carbonyl (C=O) groups is 1. The Morgan fingerprint density at radius 2 is 1.71 bits per heavy atom. The summed E-state index contributed by atoms with van der Waals surface area (Å²) in [4.78, 5) is 12.5. The molecule has 1 spiro atoms. The van der Waals surface area contributed by atoms with Gasteiger partial charge in [-0.25, -0.2) is 0 Å². The van der Waals surface area contributed by atoms with Crippen molar-refractivity contribution in [3.05, 3.63) is 0 Å². The maximum Gasteiger partial charge on any atom is 0.209 e. The number of piperidine rings is 1. The van der Waals surface area contributed by atoms with Crippen LogP contribution in [0.4, 0.5) is 0 Å². The SMILES string of the molecule is CC1CCC2(CC1)CCN(C=O)CC2. The number of rotatable bonds is 1. The van der Waals surface area contributed by atoms with Crippen LogP contribution < -0.4 is 0 Å². The van der Waals surface area contributed by atoms with E-state index in [1.165, 1.54) is 38.5 Å². The first kappa shape index (κ1) is 10.0. The van der Waals surface area contributed by atoms with Crippen LogP contribution in [-0.2, 0) is 4.79 Å². The van der Waals surface area contributed by atoms with E-state index in [1.54, 1.807) is 0 Å². The predicted molar refractivity (Wildman–Crippen MR) is 56.9 cm³/mol. The minimum Gasteiger partial charge on any atom is -0.345 e. The van der Waals surface area contributed by atoms with Crippen LogP contribution in [0.2, 0.25) is 0 Å². The average molecular weight is 195 g/mol. The van der Waals surface area contributed by atoms with Crippen LogP contribution in [0.3, 0.4) is 0 Å². The van der Waals surface area contributed by atoms with Gasteiger partial charge in [-0.1, -0.05) is 19.8 Å². The zero-order valence-corrected chi connectivity index (χ0v) is 9.17. The molecule has 0 radical (unpaired) electrons. The Labute approximate surface area is 86.7 Å². The van der Waals surface area contributed by atoms with Crippen LogP contribution in [0.25, 0.3) is 0 Å². The van der Waals surface area contributed by atoms with Gasteiger partial charge in [-0.05, 0) is 37.0 Å². The molecule has 0 atom stereocenters. The molecule has 2 fully saturated rings.